The molecule has 1 aliphatic carbocycles. The fraction of sp³-hybridized carbons (Fsp3) is 0.0230. The van der Waals surface area contributed by atoms with Gasteiger partial charge in [-0.05, 0) is 105 Å². The summed E-state index contributed by atoms with van der Waals surface area (Å²) in [6, 6.07) is 108. The number of allylic oxidation sites excluding steroid dienone is 2. The fourth-order valence-electron chi connectivity index (χ4n) is 13.7. The Hall–Kier alpha value is -11.4. The molecule has 5 nitrogen and oxygen atoms in total. The predicted octanol–water partition coefficient (Wildman–Crippen LogP) is 22.1. The van der Waals surface area contributed by atoms with Crippen molar-refractivity contribution in [3.05, 3.63) is 340 Å². The molecule has 2 atom stereocenters. The number of para-hydroxylation sites is 3. The van der Waals surface area contributed by atoms with Crippen LogP contribution in [0.2, 0.25) is 0 Å². The monoisotopic (exact) mass is 1370 g/mol. The third-order valence-electron chi connectivity index (χ3n) is 18.0. The smallest absolute Gasteiger partial charge is 0.484 e. The van der Waals surface area contributed by atoms with Gasteiger partial charge in [0.25, 0.3) is 0 Å². The molecule has 0 fully saturated rings. The quantitative estimate of drug-likeness (QED) is 0.114. The largest absolute Gasteiger partial charge is 3.00 e. The summed E-state index contributed by atoms with van der Waals surface area (Å²) in [5.74, 6) is 1.02. The van der Waals surface area contributed by atoms with Crippen LogP contribution in [0.3, 0.4) is 0 Å². The summed E-state index contributed by atoms with van der Waals surface area (Å²) < 4.78 is 13.8. The summed E-state index contributed by atoms with van der Waals surface area (Å²) in [6.45, 7) is 0. The van der Waals surface area contributed by atoms with Crippen LogP contribution in [-0.4, -0.2) is 21.1 Å². The maximum atomic E-state index is 6.96. The summed E-state index contributed by atoms with van der Waals surface area (Å²) in [4.78, 5) is 14.4. The number of rotatable bonds is 12. The number of fused-ring (bicyclic) bond motifs is 6. The zero-order valence-corrected chi connectivity index (χ0v) is 52.6. The topological polar surface area (TPSA) is 61.0 Å². The summed E-state index contributed by atoms with van der Waals surface area (Å²) >= 11 is 0. The van der Waals surface area contributed by atoms with Crippen LogP contribution in [-0.2, 0) is 20.1 Å². The molecular formula is C87H54IrN3O2. The van der Waals surface area contributed by atoms with Gasteiger partial charge in [0.05, 0.1) is 0 Å². The molecule has 15 aromatic rings. The fourth-order valence-corrected chi connectivity index (χ4v) is 13.7. The van der Waals surface area contributed by atoms with Gasteiger partial charge < -0.3 is 24.1 Å². The average Bonchev–Trinajstić information content (AvgIpc) is 1.75. The first-order chi connectivity index (χ1) is 45.6. The van der Waals surface area contributed by atoms with Crippen LogP contribution in [0, 0.1) is 18.2 Å². The van der Waals surface area contributed by atoms with E-state index in [9.17, 15) is 0 Å². The van der Waals surface area contributed by atoms with E-state index in [1.165, 1.54) is 5.56 Å². The minimum absolute atomic E-state index is 0. The van der Waals surface area contributed by atoms with Gasteiger partial charge in [-0.1, -0.05) is 262 Å². The Morgan fingerprint density at radius 3 is 1.29 bits per heavy atom. The van der Waals surface area contributed by atoms with Crippen molar-refractivity contribution >= 4 is 21.9 Å². The maximum Gasteiger partial charge on any atom is 3.00 e. The molecular weight excluding hydrogens is 1310 g/mol. The van der Waals surface area contributed by atoms with Crippen molar-refractivity contribution in [1.82, 2.24) is 15.0 Å². The number of benzene rings is 11. The molecule has 0 spiro atoms. The Balaban J connectivity index is 0.00000686. The molecule has 4 aromatic heterocycles. The number of ether oxygens (including phenoxy) is 1. The Kier molecular flexibility index (Phi) is 14.9. The van der Waals surface area contributed by atoms with Gasteiger partial charge in [0.15, 0.2) is 0 Å². The third kappa shape index (κ3) is 10.4. The number of pyridine rings is 3. The van der Waals surface area contributed by atoms with Gasteiger partial charge >= 0.3 is 20.1 Å². The minimum Gasteiger partial charge on any atom is -0.484 e. The maximum absolute atomic E-state index is 6.96. The van der Waals surface area contributed by atoms with Crippen molar-refractivity contribution in [1.29, 1.82) is 0 Å². The van der Waals surface area contributed by atoms with Crippen molar-refractivity contribution < 1.29 is 29.3 Å². The molecule has 0 bridgehead atoms. The van der Waals surface area contributed by atoms with Gasteiger partial charge in [-0.2, -0.15) is 0 Å². The van der Waals surface area contributed by atoms with E-state index in [-0.39, 0.29) is 32.1 Å². The first-order valence-corrected chi connectivity index (χ1v) is 31.1. The van der Waals surface area contributed by atoms with E-state index >= 15 is 0 Å². The van der Waals surface area contributed by atoms with Crippen LogP contribution in [0.5, 0.6) is 5.75 Å². The number of aromatic nitrogens is 3. The number of hydrogen-bond acceptors (Lipinski definition) is 5. The van der Waals surface area contributed by atoms with Crippen molar-refractivity contribution in [2.45, 2.75) is 12.0 Å². The van der Waals surface area contributed by atoms with Crippen molar-refractivity contribution in [3.8, 4) is 140 Å². The molecule has 2 aliphatic rings. The molecule has 0 radical (unpaired) electrons. The predicted molar refractivity (Wildman–Crippen MR) is 374 cm³/mol. The first-order valence-electron chi connectivity index (χ1n) is 31.1. The zero-order chi connectivity index (χ0) is 60.9. The molecule has 2 unspecified atom stereocenters. The Labute approximate surface area is 553 Å². The Morgan fingerprint density at radius 2 is 0.742 bits per heavy atom. The zero-order valence-electron chi connectivity index (χ0n) is 50.2. The molecule has 0 saturated heterocycles. The summed E-state index contributed by atoms with van der Waals surface area (Å²) in [5, 5.41) is 2.13. The van der Waals surface area contributed by atoms with Crippen molar-refractivity contribution in [2.75, 3.05) is 0 Å². The number of nitrogens with zero attached hydrogens (tertiary/aromatic N) is 3. The van der Waals surface area contributed by atoms with Gasteiger partial charge in [0, 0.05) is 52.0 Å². The second kappa shape index (κ2) is 24.4. The van der Waals surface area contributed by atoms with Crippen LogP contribution in [0.4, 0.5) is 0 Å². The van der Waals surface area contributed by atoms with Gasteiger partial charge in [0.1, 0.15) is 23.0 Å². The van der Waals surface area contributed by atoms with Gasteiger partial charge in [0.2, 0.25) is 0 Å². The normalized spacial score (nSPS) is 13.7. The molecule has 0 amide bonds. The molecule has 438 valence electrons. The second-order valence-electron chi connectivity index (χ2n) is 23.4. The molecule has 93 heavy (non-hydrogen) atoms. The molecule has 0 saturated carbocycles. The molecule has 0 N–H and O–H groups in total. The second-order valence-corrected chi connectivity index (χ2v) is 23.4. The average molecular weight is 1370 g/mol. The minimum atomic E-state index is -0.0865. The van der Waals surface area contributed by atoms with E-state index in [1.807, 2.05) is 85.3 Å². The Morgan fingerprint density at radius 1 is 0.312 bits per heavy atom. The third-order valence-corrected chi connectivity index (χ3v) is 18.0. The Bertz CT molecular complexity index is 5390. The van der Waals surface area contributed by atoms with Gasteiger partial charge in [-0.3, -0.25) is 0 Å². The molecule has 11 aromatic carbocycles. The number of hydrogen-bond donors (Lipinski definition) is 0. The summed E-state index contributed by atoms with van der Waals surface area (Å²) in [5.41, 5.74) is 26.9. The van der Waals surface area contributed by atoms with E-state index < -0.39 is 0 Å². The SMILES string of the molecule is [Ir+3].[c-]1cc(-c2ccccc2-c2cc(-c3ccccc3-c3c[c-]c(-c4ccccn4)cc3-c3cccc4c3OC3C=CC=CC43)cc(-c3ccccc3-c3c[c-]c(-c4ccccn4)cc3-c3cccc4c3oc3ccccc34)c2)c(-c2ccccc2)cc1-c1ccccn1. The van der Waals surface area contributed by atoms with Crippen LogP contribution in [0.25, 0.3) is 156 Å². The van der Waals surface area contributed by atoms with Gasteiger partial charge in [-0.15, -0.1) is 71.3 Å². The molecule has 17 rings (SSSR count). The van der Waals surface area contributed by atoms with E-state index in [1.54, 1.807) is 0 Å². The van der Waals surface area contributed by atoms with E-state index in [0.717, 1.165) is 162 Å². The van der Waals surface area contributed by atoms with Crippen molar-refractivity contribution in [3.63, 3.8) is 0 Å². The summed E-state index contributed by atoms with van der Waals surface area (Å²) in [7, 11) is 0. The van der Waals surface area contributed by atoms with Crippen molar-refractivity contribution in [2.24, 2.45) is 0 Å². The summed E-state index contributed by atoms with van der Waals surface area (Å²) in [6.07, 6.45) is 14.1. The van der Waals surface area contributed by atoms with E-state index in [2.05, 4.69) is 249 Å². The van der Waals surface area contributed by atoms with E-state index in [4.69, 9.17) is 24.1 Å². The first kappa shape index (κ1) is 56.8. The standard InChI is InChI=1S/C87H54N3O2.Ir/c1-2-22-56(23-3-1)78-53-57(81-36-14-17-47-88-81)41-44-69(78)66-27-7-4-24-63(66)60-50-61(64-25-5-8-28-67(64)70-45-42-58(82-37-15-18-48-89-82)54-79(70)76-34-20-32-74-72-30-10-12-39-84(72)91-86(74)76)52-62(51-60)65-26-6-9-29-68(65)71-46-43-59(83-38-16-19-49-90-83)55-80(71)77-35-21-33-75-73-31-11-13-40-85(73)92-87(75)77;/h1-40,44-55,72,84H;/q-3;+3. The van der Waals surface area contributed by atoms with Crippen LogP contribution >= 0.6 is 0 Å². The van der Waals surface area contributed by atoms with E-state index in [0.29, 0.717) is 0 Å². The molecule has 5 heterocycles. The number of furan rings is 1. The van der Waals surface area contributed by atoms with Crippen LogP contribution in [0.1, 0.15) is 11.5 Å². The van der Waals surface area contributed by atoms with Crippen LogP contribution in [0.15, 0.2) is 320 Å². The van der Waals surface area contributed by atoms with Crippen LogP contribution < -0.4 is 4.74 Å². The molecule has 1 aliphatic heterocycles. The van der Waals surface area contributed by atoms with Gasteiger partial charge in [-0.25, -0.2) is 0 Å². The molecule has 6 heteroatoms.